The molecule has 3 aromatic rings. The van der Waals surface area contributed by atoms with Crippen LogP contribution in [-0.2, 0) is 6.54 Å². The quantitative estimate of drug-likeness (QED) is 0.725. The molecule has 0 bridgehead atoms. The maximum Gasteiger partial charge on any atom is 0.137 e. The van der Waals surface area contributed by atoms with Crippen LogP contribution in [0.2, 0.25) is 0 Å². The van der Waals surface area contributed by atoms with Gasteiger partial charge in [-0.1, -0.05) is 42.5 Å². The first-order valence-electron chi connectivity index (χ1n) is 7.73. The number of aromatic amines is 1. The van der Waals surface area contributed by atoms with Gasteiger partial charge in [0.15, 0.2) is 0 Å². The summed E-state index contributed by atoms with van der Waals surface area (Å²) in [6.07, 6.45) is 1.95. The van der Waals surface area contributed by atoms with E-state index < -0.39 is 0 Å². The number of benzene rings is 2. The highest BCUT2D eigenvalue weighted by atomic mass is 16.5. The first-order valence-corrected chi connectivity index (χ1v) is 7.73. The third kappa shape index (κ3) is 3.79. The van der Waals surface area contributed by atoms with Crippen molar-refractivity contribution in [1.29, 1.82) is 0 Å². The van der Waals surface area contributed by atoms with Gasteiger partial charge in [0.25, 0.3) is 0 Å². The van der Waals surface area contributed by atoms with Crippen LogP contribution in [-0.4, -0.2) is 17.1 Å². The molecular formula is C19H21N3O. The lowest BCUT2D eigenvalue weighted by molar-refractivity contribution is 0.413. The van der Waals surface area contributed by atoms with Gasteiger partial charge in [0.2, 0.25) is 0 Å². The van der Waals surface area contributed by atoms with Crippen molar-refractivity contribution in [3.05, 3.63) is 72.1 Å². The molecule has 23 heavy (non-hydrogen) atoms. The molecule has 0 saturated carbocycles. The molecule has 0 amide bonds. The Bertz CT molecular complexity index is 752. The summed E-state index contributed by atoms with van der Waals surface area (Å²) in [5, 5.41) is 3.49. The summed E-state index contributed by atoms with van der Waals surface area (Å²) in [5.74, 6) is 1.78. The van der Waals surface area contributed by atoms with E-state index >= 15 is 0 Å². The van der Waals surface area contributed by atoms with Crippen LogP contribution in [0, 0.1) is 0 Å². The van der Waals surface area contributed by atoms with Crippen molar-refractivity contribution in [1.82, 2.24) is 15.3 Å². The number of H-pyrrole nitrogens is 1. The zero-order chi connectivity index (χ0) is 16.1. The zero-order valence-electron chi connectivity index (χ0n) is 13.4. The maximum absolute atomic E-state index is 5.27. The molecule has 0 aliphatic heterocycles. The SMILES string of the molecule is COc1cccc([C@@H](C)NCc2c[nH]c(-c3ccccc3)n2)c1. The topological polar surface area (TPSA) is 49.9 Å². The minimum atomic E-state index is 0.224. The van der Waals surface area contributed by atoms with Crippen molar-refractivity contribution in [3.63, 3.8) is 0 Å². The van der Waals surface area contributed by atoms with E-state index in [1.165, 1.54) is 5.56 Å². The summed E-state index contributed by atoms with van der Waals surface area (Å²) in [5.41, 5.74) is 3.29. The van der Waals surface area contributed by atoms with Gasteiger partial charge >= 0.3 is 0 Å². The van der Waals surface area contributed by atoms with E-state index in [2.05, 4.69) is 46.5 Å². The van der Waals surface area contributed by atoms with Crippen LogP contribution in [0.25, 0.3) is 11.4 Å². The number of aromatic nitrogens is 2. The van der Waals surface area contributed by atoms with E-state index in [0.29, 0.717) is 6.54 Å². The van der Waals surface area contributed by atoms with Gasteiger partial charge in [0.05, 0.1) is 12.8 Å². The largest absolute Gasteiger partial charge is 0.497 e. The Kier molecular flexibility index (Phi) is 4.74. The fraction of sp³-hybridized carbons (Fsp3) is 0.211. The Hall–Kier alpha value is -2.59. The maximum atomic E-state index is 5.27. The molecule has 0 saturated heterocycles. The van der Waals surface area contributed by atoms with Crippen LogP contribution in [0.1, 0.15) is 24.2 Å². The summed E-state index contributed by atoms with van der Waals surface area (Å²) in [7, 11) is 1.69. The molecule has 2 N–H and O–H groups in total. The van der Waals surface area contributed by atoms with Gasteiger partial charge < -0.3 is 15.0 Å². The third-order valence-electron chi connectivity index (χ3n) is 3.86. The van der Waals surface area contributed by atoms with Crippen LogP contribution >= 0.6 is 0 Å². The number of nitrogens with zero attached hydrogens (tertiary/aromatic N) is 1. The number of ether oxygens (including phenoxy) is 1. The molecule has 4 nitrogen and oxygen atoms in total. The number of imidazole rings is 1. The normalized spacial score (nSPS) is 12.1. The molecule has 118 valence electrons. The molecule has 0 radical (unpaired) electrons. The van der Waals surface area contributed by atoms with Gasteiger partial charge in [-0.05, 0) is 24.6 Å². The Morgan fingerprint density at radius 1 is 1.13 bits per heavy atom. The predicted octanol–water partition coefficient (Wildman–Crippen LogP) is 3.94. The summed E-state index contributed by atoms with van der Waals surface area (Å²) >= 11 is 0. The second-order valence-corrected chi connectivity index (χ2v) is 5.49. The van der Waals surface area contributed by atoms with Gasteiger partial charge in [-0.3, -0.25) is 0 Å². The standard InChI is InChI=1S/C19H21N3O/c1-14(16-9-6-10-18(11-16)23-2)20-12-17-13-21-19(22-17)15-7-4-3-5-8-15/h3-11,13-14,20H,12H2,1-2H3,(H,21,22)/t14-/m1/s1. The number of methoxy groups -OCH3 is 1. The second kappa shape index (κ2) is 7.11. The van der Waals surface area contributed by atoms with Crippen LogP contribution in [0.15, 0.2) is 60.8 Å². The smallest absolute Gasteiger partial charge is 0.137 e. The second-order valence-electron chi connectivity index (χ2n) is 5.49. The molecule has 3 rings (SSSR count). The number of hydrogen-bond acceptors (Lipinski definition) is 3. The van der Waals surface area contributed by atoms with Crippen LogP contribution < -0.4 is 10.1 Å². The molecule has 0 aliphatic carbocycles. The van der Waals surface area contributed by atoms with Crippen molar-refractivity contribution in [2.75, 3.05) is 7.11 Å². The first-order chi connectivity index (χ1) is 11.3. The minimum absolute atomic E-state index is 0.224. The molecule has 1 heterocycles. The van der Waals surface area contributed by atoms with E-state index in [4.69, 9.17) is 4.74 Å². The molecule has 2 aromatic carbocycles. The van der Waals surface area contributed by atoms with Crippen LogP contribution in [0.4, 0.5) is 0 Å². The van der Waals surface area contributed by atoms with E-state index in [1.54, 1.807) is 7.11 Å². The average molecular weight is 307 g/mol. The molecule has 1 aromatic heterocycles. The van der Waals surface area contributed by atoms with Gasteiger partial charge in [0, 0.05) is 24.3 Å². The molecule has 0 unspecified atom stereocenters. The molecule has 0 fully saturated rings. The Labute approximate surface area is 136 Å². The fourth-order valence-corrected chi connectivity index (χ4v) is 2.48. The Morgan fingerprint density at radius 3 is 2.74 bits per heavy atom. The number of hydrogen-bond donors (Lipinski definition) is 2. The van der Waals surface area contributed by atoms with Gasteiger partial charge in [-0.2, -0.15) is 0 Å². The van der Waals surface area contributed by atoms with E-state index in [0.717, 1.165) is 22.8 Å². The summed E-state index contributed by atoms with van der Waals surface area (Å²) < 4.78 is 5.27. The summed E-state index contributed by atoms with van der Waals surface area (Å²) in [6, 6.07) is 18.5. The molecule has 1 atom stereocenters. The highest BCUT2D eigenvalue weighted by Gasteiger charge is 2.08. The van der Waals surface area contributed by atoms with Gasteiger partial charge in [-0.15, -0.1) is 0 Å². The average Bonchev–Trinajstić information content (AvgIpc) is 3.09. The monoisotopic (exact) mass is 307 g/mol. The number of rotatable bonds is 6. The van der Waals surface area contributed by atoms with Gasteiger partial charge in [0.1, 0.15) is 11.6 Å². The molecule has 0 aliphatic rings. The summed E-state index contributed by atoms with van der Waals surface area (Å²) in [6.45, 7) is 2.85. The van der Waals surface area contributed by atoms with E-state index in [9.17, 15) is 0 Å². The Morgan fingerprint density at radius 2 is 1.96 bits per heavy atom. The lowest BCUT2D eigenvalue weighted by Crippen LogP contribution is -2.18. The zero-order valence-corrected chi connectivity index (χ0v) is 13.4. The van der Waals surface area contributed by atoms with Crippen molar-refractivity contribution in [2.24, 2.45) is 0 Å². The molecule has 0 spiro atoms. The minimum Gasteiger partial charge on any atom is -0.497 e. The highest BCUT2D eigenvalue weighted by Crippen LogP contribution is 2.19. The first kappa shape index (κ1) is 15.3. The van der Waals surface area contributed by atoms with Crippen molar-refractivity contribution >= 4 is 0 Å². The summed E-state index contributed by atoms with van der Waals surface area (Å²) in [4.78, 5) is 7.87. The fourth-order valence-electron chi connectivity index (χ4n) is 2.48. The molecular weight excluding hydrogens is 286 g/mol. The van der Waals surface area contributed by atoms with Crippen molar-refractivity contribution < 1.29 is 4.74 Å². The van der Waals surface area contributed by atoms with Crippen molar-refractivity contribution in [2.45, 2.75) is 19.5 Å². The Balaban J connectivity index is 1.63. The van der Waals surface area contributed by atoms with Gasteiger partial charge in [-0.25, -0.2) is 4.98 Å². The highest BCUT2D eigenvalue weighted by molar-refractivity contribution is 5.54. The van der Waals surface area contributed by atoms with Crippen LogP contribution in [0.5, 0.6) is 5.75 Å². The lowest BCUT2D eigenvalue weighted by atomic mass is 10.1. The predicted molar refractivity (Wildman–Crippen MR) is 92.3 cm³/mol. The van der Waals surface area contributed by atoms with E-state index in [1.807, 2.05) is 36.5 Å². The molecule has 4 heteroatoms. The third-order valence-corrected chi connectivity index (χ3v) is 3.86. The van der Waals surface area contributed by atoms with Crippen molar-refractivity contribution in [3.8, 4) is 17.1 Å². The van der Waals surface area contributed by atoms with Crippen LogP contribution in [0.3, 0.4) is 0 Å². The lowest BCUT2D eigenvalue weighted by Gasteiger charge is -2.14. The number of nitrogens with one attached hydrogen (secondary N) is 2. The van der Waals surface area contributed by atoms with E-state index in [-0.39, 0.29) is 6.04 Å².